The highest BCUT2D eigenvalue weighted by Crippen LogP contribution is 2.15. The van der Waals surface area contributed by atoms with E-state index in [-0.39, 0.29) is 11.4 Å². The molecule has 0 atom stereocenters. The highest BCUT2D eigenvalue weighted by Gasteiger charge is 2.11. The molecule has 0 saturated carbocycles. The molecule has 2 rings (SSSR count). The van der Waals surface area contributed by atoms with Gasteiger partial charge in [0.1, 0.15) is 0 Å². The number of benzene rings is 2. The third kappa shape index (κ3) is 5.07. The lowest BCUT2D eigenvalue weighted by Gasteiger charge is -2.08. The number of sulfone groups is 1. The zero-order valence-electron chi connectivity index (χ0n) is 12.7. The van der Waals surface area contributed by atoms with E-state index in [0.717, 1.165) is 6.26 Å². The molecule has 126 valence electrons. The minimum atomic E-state index is -3.36. The smallest absolute Gasteiger partial charge is 0.251 e. The Labute approximate surface area is 144 Å². The maximum atomic E-state index is 11.9. The Hall–Kier alpha value is -2.38. The summed E-state index contributed by atoms with van der Waals surface area (Å²) in [5.41, 5.74) is 0.675. The second-order valence-corrected chi connectivity index (χ2v) is 7.49. The summed E-state index contributed by atoms with van der Waals surface area (Å²) in [5, 5.41) is 5.41. The summed E-state index contributed by atoms with van der Waals surface area (Å²) in [6, 6.07) is 12.2. The van der Waals surface area contributed by atoms with Crippen LogP contribution in [0.2, 0.25) is 5.02 Å². The molecular formula is C16H15ClN2O4S. The monoisotopic (exact) mass is 366 g/mol. The molecule has 2 amide bonds. The summed E-state index contributed by atoms with van der Waals surface area (Å²) in [5.74, 6) is -0.909. The van der Waals surface area contributed by atoms with Crippen LogP contribution in [0.3, 0.4) is 0 Å². The van der Waals surface area contributed by atoms with Gasteiger partial charge in [0.05, 0.1) is 11.4 Å². The van der Waals surface area contributed by atoms with Crippen LogP contribution in [0, 0.1) is 0 Å². The third-order valence-corrected chi connectivity index (χ3v) is 4.39. The van der Waals surface area contributed by atoms with Gasteiger partial charge < -0.3 is 10.6 Å². The molecule has 0 aliphatic rings. The van der Waals surface area contributed by atoms with Gasteiger partial charge in [0.25, 0.3) is 5.91 Å². The van der Waals surface area contributed by atoms with Gasteiger partial charge in [-0.05, 0) is 36.4 Å². The van der Waals surface area contributed by atoms with E-state index in [0.29, 0.717) is 16.3 Å². The molecule has 0 bridgehead atoms. The number of rotatable bonds is 5. The Kier molecular flexibility index (Phi) is 5.58. The lowest BCUT2D eigenvalue weighted by Crippen LogP contribution is -2.32. The lowest BCUT2D eigenvalue weighted by atomic mass is 10.2. The van der Waals surface area contributed by atoms with Crippen molar-refractivity contribution in [3.8, 4) is 0 Å². The Balaban J connectivity index is 1.95. The van der Waals surface area contributed by atoms with Crippen molar-refractivity contribution in [1.82, 2.24) is 5.32 Å². The van der Waals surface area contributed by atoms with Gasteiger partial charge in [-0.25, -0.2) is 8.42 Å². The zero-order valence-corrected chi connectivity index (χ0v) is 14.3. The Bertz CT molecular complexity index is 881. The van der Waals surface area contributed by atoms with Crippen molar-refractivity contribution in [1.29, 1.82) is 0 Å². The van der Waals surface area contributed by atoms with Crippen LogP contribution in [0.5, 0.6) is 0 Å². The van der Waals surface area contributed by atoms with E-state index >= 15 is 0 Å². The first-order valence-electron chi connectivity index (χ1n) is 6.89. The van der Waals surface area contributed by atoms with Gasteiger partial charge in [0, 0.05) is 22.5 Å². The van der Waals surface area contributed by atoms with Crippen LogP contribution in [-0.2, 0) is 14.6 Å². The van der Waals surface area contributed by atoms with Gasteiger partial charge in [0.15, 0.2) is 9.84 Å². The van der Waals surface area contributed by atoms with E-state index in [1.54, 1.807) is 24.3 Å². The maximum absolute atomic E-state index is 11.9. The van der Waals surface area contributed by atoms with Crippen molar-refractivity contribution in [2.75, 3.05) is 18.1 Å². The molecule has 0 spiro atoms. The minimum absolute atomic E-state index is 0.100. The van der Waals surface area contributed by atoms with Crippen LogP contribution in [-0.4, -0.2) is 33.0 Å². The predicted molar refractivity (Wildman–Crippen MR) is 92.0 cm³/mol. The Morgan fingerprint density at radius 1 is 1.08 bits per heavy atom. The number of nitrogens with one attached hydrogen (secondary N) is 2. The number of halogens is 1. The summed E-state index contributed by atoms with van der Waals surface area (Å²) in [4.78, 5) is 23.9. The van der Waals surface area contributed by atoms with E-state index in [1.165, 1.54) is 24.3 Å². The van der Waals surface area contributed by atoms with Crippen LogP contribution < -0.4 is 10.6 Å². The average molecular weight is 367 g/mol. The fourth-order valence-corrected chi connectivity index (χ4v) is 2.76. The van der Waals surface area contributed by atoms with E-state index < -0.39 is 21.7 Å². The first kappa shape index (κ1) is 18.0. The quantitative estimate of drug-likeness (QED) is 0.847. The van der Waals surface area contributed by atoms with Crippen molar-refractivity contribution < 1.29 is 18.0 Å². The molecule has 0 fully saturated rings. The van der Waals surface area contributed by atoms with Crippen LogP contribution in [0.25, 0.3) is 0 Å². The predicted octanol–water partition coefficient (Wildman–Crippen LogP) is 2.11. The topological polar surface area (TPSA) is 92.3 Å². The molecule has 2 aromatic carbocycles. The molecular weight excluding hydrogens is 352 g/mol. The summed E-state index contributed by atoms with van der Waals surface area (Å²) in [7, 11) is -3.36. The van der Waals surface area contributed by atoms with Crippen LogP contribution in [0.4, 0.5) is 5.69 Å². The maximum Gasteiger partial charge on any atom is 0.251 e. The molecule has 6 nitrogen and oxygen atoms in total. The van der Waals surface area contributed by atoms with Gasteiger partial charge in [-0.15, -0.1) is 0 Å². The highest BCUT2D eigenvalue weighted by molar-refractivity contribution is 7.90. The molecule has 24 heavy (non-hydrogen) atoms. The largest absolute Gasteiger partial charge is 0.343 e. The van der Waals surface area contributed by atoms with Gasteiger partial charge in [-0.3, -0.25) is 9.59 Å². The first-order valence-corrected chi connectivity index (χ1v) is 9.16. The van der Waals surface area contributed by atoms with E-state index in [2.05, 4.69) is 10.6 Å². The standard InChI is InChI=1S/C16H15ClN2O4S/c1-24(22,23)14-7-3-6-13(9-14)19-15(20)10-18-16(21)11-4-2-5-12(17)8-11/h2-9H,10H2,1H3,(H,18,21)(H,19,20). The number of hydrogen-bond donors (Lipinski definition) is 2. The van der Waals surface area contributed by atoms with Crippen LogP contribution >= 0.6 is 11.6 Å². The van der Waals surface area contributed by atoms with E-state index in [4.69, 9.17) is 11.6 Å². The van der Waals surface area contributed by atoms with Crippen LogP contribution in [0.1, 0.15) is 10.4 Å². The molecule has 8 heteroatoms. The molecule has 0 radical (unpaired) electrons. The normalized spacial score (nSPS) is 10.9. The second-order valence-electron chi connectivity index (χ2n) is 5.04. The van der Waals surface area contributed by atoms with E-state index in [9.17, 15) is 18.0 Å². The molecule has 0 aliphatic carbocycles. The minimum Gasteiger partial charge on any atom is -0.343 e. The summed E-state index contributed by atoms with van der Waals surface area (Å²) in [6.45, 7) is -0.256. The Morgan fingerprint density at radius 2 is 1.79 bits per heavy atom. The molecule has 0 aliphatic heterocycles. The SMILES string of the molecule is CS(=O)(=O)c1cccc(NC(=O)CNC(=O)c2cccc(Cl)c2)c1. The zero-order chi connectivity index (χ0) is 17.7. The molecule has 0 saturated heterocycles. The van der Waals surface area contributed by atoms with Crippen molar-refractivity contribution in [3.05, 3.63) is 59.1 Å². The van der Waals surface area contributed by atoms with Crippen molar-refractivity contribution in [2.45, 2.75) is 4.90 Å². The van der Waals surface area contributed by atoms with E-state index in [1.807, 2.05) is 0 Å². The van der Waals surface area contributed by atoms with Crippen molar-refractivity contribution >= 4 is 38.9 Å². The second kappa shape index (κ2) is 7.46. The highest BCUT2D eigenvalue weighted by atomic mass is 35.5. The number of amides is 2. The van der Waals surface area contributed by atoms with Gasteiger partial charge in [-0.2, -0.15) is 0 Å². The van der Waals surface area contributed by atoms with Crippen LogP contribution in [0.15, 0.2) is 53.4 Å². The molecule has 2 N–H and O–H groups in total. The van der Waals surface area contributed by atoms with Crippen molar-refractivity contribution in [2.24, 2.45) is 0 Å². The first-order chi connectivity index (χ1) is 11.3. The lowest BCUT2D eigenvalue weighted by molar-refractivity contribution is -0.115. The average Bonchev–Trinajstić information content (AvgIpc) is 2.52. The third-order valence-electron chi connectivity index (χ3n) is 3.04. The molecule has 0 aromatic heterocycles. The number of carbonyl (C=O) groups excluding carboxylic acids is 2. The summed E-state index contributed by atoms with van der Waals surface area (Å²) >= 11 is 5.80. The number of hydrogen-bond acceptors (Lipinski definition) is 4. The summed E-state index contributed by atoms with van der Waals surface area (Å²) in [6.07, 6.45) is 1.08. The van der Waals surface area contributed by atoms with Gasteiger partial charge in [0.2, 0.25) is 5.91 Å². The molecule has 2 aromatic rings. The fourth-order valence-electron chi connectivity index (χ4n) is 1.90. The van der Waals surface area contributed by atoms with Gasteiger partial charge in [-0.1, -0.05) is 23.7 Å². The molecule has 0 heterocycles. The Morgan fingerprint density at radius 3 is 2.46 bits per heavy atom. The fraction of sp³-hybridized carbons (Fsp3) is 0.125. The molecule has 0 unspecified atom stereocenters. The number of anilines is 1. The number of carbonyl (C=O) groups is 2. The summed E-state index contributed by atoms with van der Waals surface area (Å²) < 4.78 is 23.0. The van der Waals surface area contributed by atoms with Crippen molar-refractivity contribution in [3.63, 3.8) is 0 Å². The van der Waals surface area contributed by atoms with Gasteiger partial charge >= 0.3 is 0 Å².